The Bertz CT molecular complexity index is 1220. The van der Waals surface area contributed by atoms with Crippen LogP contribution in [-0.4, -0.2) is 45.0 Å². The average Bonchev–Trinajstić information content (AvgIpc) is 2.91. The van der Waals surface area contributed by atoms with Crippen LogP contribution in [0.15, 0.2) is 66.7 Å². The highest BCUT2D eigenvalue weighted by atomic mass is 17.2. The lowest BCUT2D eigenvalue weighted by molar-refractivity contribution is -0.277. The highest BCUT2D eigenvalue weighted by molar-refractivity contribution is 5.93. The van der Waals surface area contributed by atoms with Crippen LogP contribution in [0.25, 0.3) is 0 Å². The fourth-order valence-corrected chi connectivity index (χ4v) is 3.99. The number of aliphatic hydroxyl groups excluding tert-OH is 2. The van der Waals surface area contributed by atoms with Gasteiger partial charge in [0.05, 0.1) is 19.1 Å². The van der Waals surface area contributed by atoms with Crippen LogP contribution in [0.3, 0.4) is 0 Å². The normalized spacial score (nSPS) is 12.5. The maximum absolute atomic E-state index is 12.5. The van der Waals surface area contributed by atoms with Crippen LogP contribution in [0.5, 0.6) is 5.75 Å². The number of hydrogen-bond donors (Lipinski definition) is 7. The first-order valence-corrected chi connectivity index (χ1v) is 12.2. The van der Waals surface area contributed by atoms with E-state index in [1.54, 1.807) is 36.4 Å². The predicted octanol–water partition coefficient (Wildman–Crippen LogP) is 2.13. The molecule has 0 aliphatic carbocycles. The number of benzene rings is 3. The monoisotopic (exact) mass is 523 g/mol. The number of hydroxylamine groups is 1. The number of hydrogen-bond acceptors (Lipinski definition) is 8. The van der Waals surface area contributed by atoms with Crippen LogP contribution in [0, 0.1) is 0 Å². The highest BCUT2D eigenvalue weighted by Gasteiger charge is 2.13. The zero-order valence-corrected chi connectivity index (χ0v) is 21.1. The summed E-state index contributed by atoms with van der Waals surface area (Å²) in [5, 5.41) is 43.9. The van der Waals surface area contributed by atoms with E-state index in [0.717, 1.165) is 16.7 Å². The molecule has 0 bridgehead atoms. The van der Waals surface area contributed by atoms with Crippen molar-refractivity contribution in [3.05, 3.63) is 100 Å². The first-order chi connectivity index (χ1) is 18.3. The second-order valence-electron chi connectivity index (χ2n) is 9.07. The third-order valence-corrected chi connectivity index (χ3v) is 6.06. The first kappa shape index (κ1) is 28.8. The van der Waals surface area contributed by atoms with Gasteiger partial charge in [-0.3, -0.25) is 9.59 Å². The van der Waals surface area contributed by atoms with Crippen LogP contribution < -0.4 is 16.1 Å². The molecule has 0 saturated heterocycles. The summed E-state index contributed by atoms with van der Waals surface area (Å²) in [6.07, 6.45) is 0.124. The summed E-state index contributed by atoms with van der Waals surface area (Å²) in [4.78, 5) is 27.7. The molecular formula is C28H33N3O7. The molecule has 2 unspecified atom stereocenters. The minimum atomic E-state index is -0.790. The van der Waals surface area contributed by atoms with Crippen LogP contribution in [0.2, 0.25) is 0 Å². The topological polar surface area (TPSA) is 160 Å². The van der Waals surface area contributed by atoms with Crippen LogP contribution in [0.4, 0.5) is 0 Å². The predicted molar refractivity (Wildman–Crippen MR) is 140 cm³/mol. The summed E-state index contributed by atoms with van der Waals surface area (Å²) in [6.45, 7) is 2.31. The Labute approximate surface area is 220 Å². The molecule has 0 spiro atoms. The molecule has 0 aromatic heterocycles. The van der Waals surface area contributed by atoms with Crippen molar-refractivity contribution in [2.75, 3.05) is 6.54 Å². The number of carbonyl (C=O) groups is 2. The summed E-state index contributed by atoms with van der Waals surface area (Å²) >= 11 is 0. The number of amides is 2. The zero-order chi connectivity index (χ0) is 27.5. The number of aromatic hydroxyl groups is 1. The number of phenols is 1. The van der Waals surface area contributed by atoms with Gasteiger partial charge in [0.25, 0.3) is 5.91 Å². The summed E-state index contributed by atoms with van der Waals surface area (Å²) in [5.74, 6) is -0.727. The third kappa shape index (κ3) is 8.65. The van der Waals surface area contributed by atoms with E-state index in [0.29, 0.717) is 36.2 Å². The molecule has 202 valence electrons. The molecule has 0 aliphatic rings. The van der Waals surface area contributed by atoms with Crippen molar-refractivity contribution in [3.63, 3.8) is 0 Å². The number of rotatable bonds is 13. The van der Waals surface area contributed by atoms with E-state index in [1.807, 2.05) is 36.7 Å². The molecule has 3 aromatic rings. The molecule has 2 amide bonds. The minimum Gasteiger partial charge on any atom is -0.508 e. The Morgan fingerprint density at radius 2 is 1.71 bits per heavy atom. The lowest BCUT2D eigenvalue weighted by Crippen LogP contribution is -2.32. The second kappa shape index (κ2) is 14.2. The van der Waals surface area contributed by atoms with E-state index in [4.69, 9.17) is 5.26 Å². The zero-order valence-electron chi connectivity index (χ0n) is 21.1. The Morgan fingerprint density at radius 1 is 0.974 bits per heavy atom. The molecule has 0 saturated carbocycles. The van der Waals surface area contributed by atoms with Crippen molar-refractivity contribution < 1.29 is 35.2 Å². The van der Waals surface area contributed by atoms with E-state index in [2.05, 4.69) is 15.6 Å². The van der Waals surface area contributed by atoms with Gasteiger partial charge in [-0.05, 0) is 59.9 Å². The van der Waals surface area contributed by atoms with E-state index >= 15 is 0 Å². The van der Waals surface area contributed by atoms with Gasteiger partial charge in [0.2, 0.25) is 5.91 Å². The van der Waals surface area contributed by atoms with E-state index in [-0.39, 0.29) is 30.7 Å². The lowest BCUT2D eigenvalue weighted by Gasteiger charge is -2.18. The molecule has 0 radical (unpaired) electrons. The van der Waals surface area contributed by atoms with Gasteiger partial charge in [0, 0.05) is 30.3 Å². The molecule has 2 atom stereocenters. The van der Waals surface area contributed by atoms with Crippen molar-refractivity contribution in [1.29, 1.82) is 0 Å². The standard InChI is InChI=1S/C28H33N3O7/c1-18(29-16-26(34)23-9-10-25(33)24(14-23)17-32)11-20-3-2-4-21(12-20)13-27(35)30-15-19-5-7-22(8-6-19)28(36)31-38-37/h2-10,12,14,18,26,29,32-34,37H,11,13,15-17H2,1H3,(H,30,35)(H,31,36). The molecule has 3 aromatic carbocycles. The highest BCUT2D eigenvalue weighted by Crippen LogP contribution is 2.22. The van der Waals surface area contributed by atoms with Crippen molar-refractivity contribution >= 4 is 11.8 Å². The number of carbonyl (C=O) groups excluding carboxylic acids is 2. The quantitative estimate of drug-likeness (QED) is 0.132. The summed E-state index contributed by atoms with van der Waals surface area (Å²) < 4.78 is 0. The fourth-order valence-electron chi connectivity index (χ4n) is 3.99. The maximum atomic E-state index is 12.5. The van der Waals surface area contributed by atoms with Crippen molar-refractivity contribution in [2.45, 2.75) is 45.1 Å². The van der Waals surface area contributed by atoms with Gasteiger partial charge in [-0.25, -0.2) is 5.26 Å². The molecule has 0 heterocycles. The Balaban J connectivity index is 1.45. The van der Waals surface area contributed by atoms with Crippen molar-refractivity contribution in [3.8, 4) is 5.75 Å². The van der Waals surface area contributed by atoms with Crippen LogP contribution in [-0.2, 0) is 35.8 Å². The van der Waals surface area contributed by atoms with E-state index < -0.39 is 12.0 Å². The van der Waals surface area contributed by atoms with Gasteiger partial charge < -0.3 is 26.0 Å². The number of aliphatic hydroxyl groups is 2. The fraction of sp³-hybridized carbons (Fsp3) is 0.286. The smallest absolute Gasteiger partial charge is 0.277 e. The third-order valence-electron chi connectivity index (χ3n) is 6.06. The maximum Gasteiger partial charge on any atom is 0.277 e. The lowest BCUT2D eigenvalue weighted by atomic mass is 10.0. The van der Waals surface area contributed by atoms with E-state index in [9.17, 15) is 24.9 Å². The molecule has 38 heavy (non-hydrogen) atoms. The van der Waals surface area contributed by atoms with Gasteiger partial charge in [-0.15, -0.1) is 4.99 Å². The summed E-state index contributed by atoms with van der Waals surface area (Å²) in [6, 6.07) is 19.0. The van der Waals surface area contributed by atoms with Crippen LogP contribution in [0.1, 0.15) is 51.2 Å². The minimum absolute atomic E-state index is 0.00585. The molecule has 3 rings (SSSR count). The summed E-state index contributed by atoms with van der Waals surface area (Å²) in [7, 11) is 0. The summed E-state index contributed by atoms with van der Waals surface area (Å²) in [5.41, 5.74) is 5.85. The van der Waals surface area contributed by atoms with Crippen LogP contribution >= 0.6 is 0 Å². The number of nitrogens with one attached hydrogen (secondary N) is 3. The van der Waals surface area contributed by atoms with Gasteiger partial charge >= 0.3 is 0 Å². The Kier molecular flexibility index (Phi) is 10.8. The molecule has 0 aliphatic heterocycles. The molecule has 0 fully saturated rings. The van der Waals surface area contributed by atoms with Crippen molar-refractivity contribution in [1.82, 2.24) is 16.1 Å². The average molecular weight is 524 g/mol. The molecular weight excluding hydrogens is 490 g/mol. The molecule has 7 N–H and O–H groups in total. The van der Waals surface area contributed by atoms with Crippen molar-refractivity contribution in [2.24, 2.45) is 0 Å². The molecule has 10 nitrogen and oxygen atoms in total. The van der Waals surface area contributed by atoms with E-state index in [1.165, 1.54) is 6.07 Å². The van der Waals surface area contributed by atoms with Gasteiger partial charge in [0.1, 0.15) is 5.75 Å². The van der Waals surface area contributed by atoms with Gasteiger partial charge in [-0.2, -0.15) is 5.48 Å². The Hall–Kier alpha value is -3.80. The molecule has 10 heteroatoms. The Morgan fingerprint density at radius 3 is 2.42 bits per heavy atom. The first-order valence-electron chi connectivity index (χ1n) is 12.2. The van der Waals surface area contributed by atoms with Gasteiger partial charge in [-0.1, -0.05) is 42.5 Å². The second-order valence-corrected chi connectivity index (χ2v) is 9.07. The largest absolute Gasteiger partial charge is 0.508 e. The van der Waals surface area contributed by atoms with Gasteiger partial charge in [0.15, 0.2) is 0 Å². The SMILES string of the molecule is CC(Cc1cccc(CC(=O)NCc2ccc(C(=O)NOO)cc2)c1)NCC(O)c1ccc(O)c(CO)c1.